The summed E-state index contributed by atoms with van der Waals surface area (Å²) in [7, 11) is 0. The van der Waals surface area contributed by atoms with E-state index in [9.17, 15) is 19.5 Å². The van der Waals surface area contributed by atoms with Crippen molar-refractivity contribution in [1.29, 1.82) is 0 Å². The number of rotatable bonds is 48. The average Bonchev–Trinajstić information content (AvgIpc) is 3.21. The number of carboxylic acid groups (broad SMARTS) is 1. The third-order valence-corrected chi connectivity index (χ3v) is 12.2. The van der Waals surface area contributed by atoms with Gasteiger partial charge in [0.1, 0.15) is 12.1 Å². The first-order valence-electron chi connectivity index (χ1n) is 25.9. The van der Waals surface area contributed by atoms with Crippen LogP contribution in [0.25, 0.3) is 0 Å². The molecule has 0 fully saturated rings. The third kappa shape index (κ3) is 42.5. The molecule has 0 aromatic rings. The Kier molecular flexibility index (Phi) is 45.1. The number of nitrogens with one attached hydrogen (secondary N) is 1. The molecular weight excluding hydrogens is 721 g/mol. The number of aliphatic carboxylic acids is 1. The second kappa shape index (κ2) is 46.4. The summed E-state index contributed by atoms with van der Waals surface area (Å²) in [4.78, 5) is 36.5. The van der Waals surface area contributed by atoms with E-state index in [1.165, 1.54) is 186 Å². The highest BCUT2D eigenvalue weighted by Crippen LogP contribution is 2.20. The maximum absolute atomic E-state index is 12.9. The molecule has 0 aliphatic carbocycles. The van der Waals surface area contributed by atoms with E-state index in [1.807, 2.05) is 0 Å². The minimum Gasteiger partial charge on any atom is -0.480 e. The van der Waals surface area contributed by atoms with Crippen LogP contribution in [-0.4, -0.2) is 41.6 Å². The van der Waals surface area contributed by atoms with Gasteiger partial charge in [-0.15, -0.1) is 0 Å². The molecule has 0 rings (SSSR count). The second-order valence-corrected chi connectivity index (χ2v) is 18.0. The van der Waals surface area contributed by atoms with Crippen LogP contribution in [0.3, 0.4) is 0 Å². The number of carboxylic acids is 1. The number of carbonyl (C=O) groups excluding carboxylic acids is 2. The predicted molar refractivity (Wildman–Crippen MR) is 248 cm³/mol. The Morgan fingerprint density at radius 1 is 0.431 bits per heavy atom. The average molecular weight is 821 g/mol. The topological polar surface area (TPSA) is 119 Å². The Morgan fingerprint density at radius 2 is 0.741 bits per heavy atom. The number of ether oxygens (including phenoxy) is 1. The van der Waals surface area contributed by atoms with E-state index in [-0.39, 0.29) is 18.0 Å². The zero-order valence-corrected chi connectivity index (χ0v) is 38.9. The van der Waals surface area contributed by atoms with Crippen molar-refractivity contribution in [2.24, 2.45) is 5.73 Å². The summed E-state index contributed by atoms with van der Waals surface area (Å²) in [5.41, 5.74) is 5.50. The van der Waals surface area contributed by atoms with Gasteiger partial charge in [0.15, 0.2) is 0 Å². The molecule has 7 heteroatoms. The molecule has 344 valence electrons. The summed E-state index contributed by atoms with van der Waals surface area (Å²) in [6.45, 7) is 4.98. The molecule has 0 radical (unpaired) electrons. The van der Waals surface area contributed by atoms with Gasteiger partial charge in [-0.25, -0.2) is 4.79 Å². The minimum atomic E-state index is -0.999. The van der Waals surface area contributed by atoms with Crippen LogP contribution >= 0.6 is 0 Å². The molecule has 2 atom stereocenters. The molecule has 0 spiro atoms. The highest BCUT2D eigenvalue weighted by molar-refractivity contribution is 5.83. The lowest BCUT2D eigenvalue weighted by Gasteiger charge is -2.18. The second-order valence-electron chi connectivity index (χ2n) is 18.0. The van der Waals surface area contributed by atoms with Crippen molar-refractivity contribution in [2.45, 2.75) is 302 Å². The molecule has 0 saturated carbocycles. The van der Waals surface area contributed by atoms with Crippen molar-refractivity contribution in [2.75, 3.05) is 6.54 Å². The molecule has 0 aromatic heterocycles. The van der Waals surface area contributed by atoms with Gasteiger partial charge < -0.3 is 20.9 Å². The van der Waals surface area contributed by atoms with Crippen molar-refractivity contribution < 1.29 is 24.2 Å². The summed E-state index contributed by atoms with van der Waals surface area (Å²) in [5, 5.41) is 12.0. The van der Waals surface area contributed by atoms with Crippen LogP contribution in [0.1, 0.15) is 290 Å². The molecule has 0 heterocycles. The van der Waals surface area contributed by atoms with Crippen molar-refractivity contribution >= 4 is 17.8 Å². The first-order valence-corrected chi connectivity index (χ1v) is 25.9. The number of unbranched alkanes of at least 4 members (excludes halogenated alkanes) is 34. The number of hydrogen-bond acceptors (Lipinski definition) is 5. The number of carbonyl (C=O) groups is 3. The van der Waals surface area contributed by atoms with Crippen LogP contribution < -0.4 is 11.1 Å². The van der Waals surface area contributed by atoms with Crippen LogP contribution in [-0.2, 0) is 19.1 Å². The quantitative estimate of drug-likeness (QED) is 0.0415. The molecule has 0 aromatic carbocycles. The fraction of sp³-hybridized carbons (Fsp3) is 0.941. The van der Waals surface area contributed by atoms with Gasteiger partial charge in [0, 0.05) is 12.8 Å². The Bertz CT molecular complexity index is 883. The number of amides is 1. The molecular formula is C51H100N2O5. The van der Waals surface area contributed by atoms with Gasteiger partial charge in [0.25, 0.3) is 0 Å². The Morgan fingerprint density at radius 3 is 1.07 bits per heavy atom. The molecule has 0 aliphatic rings. The number of esters is 1. The van der Waals surface area contributed by atoms with Crippen LogP contribution in [0.15, 0.2) is 0 Å². The van der Waals surface area contributed by atoms with Gasteiger partial charge >= 0.3 is 11.9 Å². The van der Waals surface area contributed by atoms with Crippen molar-refractivity contribution in [3.63, 3.8) is 0 Å². The lowest BCUT2D eigenvalue weighted by Crippen LogP contribution is -2.40. The zero-order valence-electron chi connectivity index (χ0n) is 38.9. The van der Waals surface area contributed by atoms with Crippen LogP contribution in [0.2, 0.25) is 0 Å². The third-order valence-electron chi connectivity index (χ3n) is 12.2. The van der Waals surface area contributed by atoms with E-state index in [0.29, 0.717) is 32.2 Å². The smallest absolute Gasteiger partial charge is 0.326 e. The van der Waals surface area contributed by atoms with E-state index < -0.39 is 12.0 Å². The fourth-order valence-electron chi connectivity index (χ4n) is 8.28. The van der Waals surface area contributed by atoms with Gasteiger partial charge in [0.05, 0.1) is 0 Å². The lowest BCUT2D eigenvalue weighted by atomic mass is 10.0. The van der Waals surface area contributed by atoms with E-state index in [0.717, 1.165) is 64.2 Å². The summed E-state index contributed by atoms with van der Waals surface area (Å²) >= 11 is 0. The Labute approximate surface area is 360 Å². The first kappa shape index (κ1) is 56.4. The van der Waals surface area contributed by atoms with Crippen molar-refractivity contribution in [3.8, 4) is 0 Å². The SMILES string of the molecule is CCCCCCCCCCCCCCCCCCCCCCC(=O)OC(CCCCCCCCCCCCCC)CCCCCCCC(=O)NC(CCCN)C(=O)O. The zero-order chi connectivity index (χ0) is 42.4. The normalized spacial score (nSPS) is 12.5. The van der Waals surface area contributed by atoms with Gasteiger partial charge in [-0.3, -0.25) is 9.59 Å². The van der Waals surface area contributed by atoms with Gasteiger partial charge in [-0.05, 0) is 57.9 Å². The Hall–Kier alpha value is -1.63. The molecule has 0 aliphatic heterocycles. The molecule has 0 bridgehead atoms. The van der Waals surface area contributed by atoms with Crippen LogP contribution in [0.4, 0.5) is 0 Å². The van der Waals surface area contributed by atoms with Gasteiger partial charge in [-0.2, -0.15) is 0 Å². The molecule has 4 N–H and O–H groups in total. The highest BCUT2D eigenvalue weighted by atomic mass is 16.5. The fourth-order valence-corrected chi connectivity index (χ4v) is 8.28. The molecule has 2 unspecified atom stereocenters. The van der Waals surface area contributed by atoms with E-state index in [2.05, 4.69) is 19.2 Å². The minimum absolute atomic E-state index is 0.0107. The summed E-state index contributed by atoms with van der Waals surface area (Å²) in [6.07, 6.45) is 51.7. The maximum Gasteiger partial charge on any atom is 0.326 e. The number of hydrogen-bond donors (Lipinski definition) is 3. The Balaban J connectivity index is 4.16. The number of nitrogens with two attached hydrogens (primary N) is 1. The summed E-state index contributed by atoms with van der Waals surface area (Å²) in [5.74, 6) is -1.20. The lowest BCUT2D eigenvalue weighted by molar-refractivity contribution is -0.150. The van der Waals surface area contributed by atoms with Gasteiger partial charge in [-0.1, -0.05) is 226 Å². The van der Waals surface area contributed by atoms with Crippen LogP contribution in [0.5, 0.6) is 0 Å². The predicted octanol–water partition coefficient (Wildman–Crippen LogP) is 15.2. The highest BCUT2D eigenvalue weighted by Gasteiger charge is 2.19. The standard InChI is InChI=1S/C51H100N2O5/c1-3-5-7-9-11-13-15-17-18-19-20-21-22-23-24-26-28-30-35-39-45-50(55)58-47(41-36-32-29-27-25-16-14-12-10-8-6-4-2)42-37-33-31-34-38-44-49(54)53-48(51(56)57)43-40-46-52/h47-48H,3-46,52H2,1-2H3,(H,53,54)(H,56,57). The monoisotopic (exact) mass is 821 g/mol. The van der Waals surface area contributed by atoms with Crippen molar-refractivity contribution in [3.05, 3.63) is 0 Å². The van der Waals surface area contributed by atoms with E-state index >= 15 is 0 Å². The van der Waals surface area contributed by atoms with Crippen LogP contribution in [0, 0.1) is 0 Å². The molecule has 1 amide bonds. The molecule has 0 saturated heterocycles. The largest absolute Gasteiger partial charge is 0.480 e. The van der Waals surface area contributed by atoms with Gasteiger partial charge in [0.2, 0.25) is 5.91 Å². The maximum atomic E-state index is 12.9. The summed E-state index contributed by atoms with van der Waals surface area (Å²) < 4.78 is 6.09. The molecule has 58 heavy (non-hydrogen) atoms. The van der Waals surface area contributed by atoms with Crippen molar-refractivity contribution in [1.82, 2.24) is 5.32 Å². The first-order chi connectivity index (χ1) is 28.4. The summed E-state index contributed by atoms with van der Waals surface area (Å²) in [6, 6.07) is -0.852. The van der Waals surface area contributed by atoms with E-state index in [4.69, 9.17) is 10.5 Å². The molecule has 7 nitrogen and oxygen atoms in total. The van der Waals surface area contributed by atoms with E-state index in [1.54, 1.807) is 0 Å².